The third-order valence-electron chi connectivity index (χ3n) is 3.68. The van der Waals surface area contributed by atoms with Gasteiger partial charge in [-0.15, -0.1) is 0 Å². The molecule has 0 bridgehead atoms. The van der Waals surface area contributed by atoms with Crippen LogP contribution in [-0.2, 0) is 15.0 Å². The number of carboxylic acid groups (broad SMARTS) is 1. The highest BCUT2D eigenvalue weighted by atomic mass is 16.4. The fourth-order valence-electron chi connectivity index (χ4n) is 2.63. The van der Waals surface area contributed by atoms with E-state index >= 15 is 0 Å². The van der Waals surface area contributed by atoms with Crippen molar-refractivity contribution >= 4 is 11.9 Å². The summed E-state index contributed by atoms with van der Waals surface area (Å²) in [5, 5.41) is 9.01. The monoisotopic (exact) mass is 275 g/mol. The minimum atomic E-state index is -0.956. The lowest BCUT2D eigenvalue weighted by molar-refractivity contribution is -0.146. The Kier molecular flexibility index (Phi) is 4.12. The minimum Gasteiger partial charge on any atom is -0.480 e. The van der Waals surface area contributed by atoms with Crippen LogP contribution < -0.4 is 0 Å². The van der Waals surface area contributed by atoms with Gasteiger partial charge in [-0.1, -0.05) is 44.2 Å². The molecule has 0 spiro atoms. The smallest absolute Gasteiger partial charge is 0.323 e. The molecule has 0 radical (unpaired) electrons. The highest BCUT2D eigenvalue weighted by Crippen LogP contribution is 2.49. The van der Waals surface area contributed by atoms with Crippen LogP contribution in [0.4, 0.5) is 0 Å². The maximum atomic E-state index is 12.8. The van der Waals surface area contributed by atoms with Gasteiger partial charge in [0.1, 0.15) is 6.54 Å². The van der Waals surface area contributed by atoms with Crippen molar-refractivity contribution in [3.63, 3.8) is 0 Å². The largest absolute Gasteiger partial charge is 0.480 e. The molecular weight excluding hydrogens is 254 g/mol. The van der Waals surface area contributed by atoms with Crippen LogP contribution in [0.15, 0.2) is 30.3 Å². The van der Waals surface area contributed by atoms with Gasteiger partial charge in [0.05, 0.1) is 5.41 Å². The number of aliphatic carboxylic acids is 1. The normalized spacial score (nSPS) is 15.9. The van der Waals surface area contributed by atoms with Gasteiger partial charge in [0, 0.05) is 6.54 Å². The lowest BCUT2D eigenvalue weighted by Gasteiger charge is -2.27. The minimum absolute atomic E-state index is 0.0419. The maximum absolute atomic E-state index is 12.8. The molecule has 108 valence electrons. The number of carboxylic acids is 1. The van der Waals surface area contributed by atoms with Gasteiger partial charge in [0.2, 0.25) is 5.91 Å². The average Bonchev–Trinajstić information content (AvgIpc) is 3.18. The first-order valence-corrected chi connectivity index (χ1v) is 7.02. The van der Waals surface area contributed by atoms with E-state index in [0.29, 0.717) is 6.54 Å². The number of amides is 1. The van der Waals surface area contributed by atoms with Gasteiger partial charge >= 0.3 is 5.97 Å². The summed E-state index contributed by atoms with van der Waals surface area (Å²) in [6.07, 6.45) is 1.62. The molecule has 1 N–H and O–H groups in total. The summed E-state index contributed by atoms with van der Waals surface area (Å²) in [5.74, 6) is -0.743. The number of rotatable bonds is 6. The first-order chi connectivity index (χ1) is 9.45. The molecule has 1 aliphatic rings. The number of benzene rings is 1. The summed E-state index contributed by atoms with van der Waals surface area (Å²) in [6.45, 7) is 4.25. The quantitative estimate of drug-likeness (QED) is 0.866. The second kappa shape index (κ2) is 5.65. The lowest BCUT2D eigenvalue weighted by atomic mass is 9.94. The number of carbonyl (C=O) groups is 2. The predicted molar refractivity (Wildman–Crippen MR) is 76.4 cm³/mol. The lowest BCUT2D eigenvalue weighted by Crippen LogP contribution is -2.44. The van der Waals surface area contributed by atoms with Crippen LogP contribution in [0, 0.1) is 5.92 Å². The summed E-state index contributed by atoms with van der Waals surface area (Å²) in [4.78, 5) is 25.2. The van der Waals surface area contributed by atoms with Gasteiger partial charge in [-0.2, -0.15) is 0 Å². The van der Waals surface area contributed by atoms with Crippen LogP contribution in [0.1, 0.15) is 32.3 Å². The Bertz CT molecular complexity index is 492. The average molecular weight is 275 g/mol. The first-order valence-electron chi connectivity index (χ1n) is 7.02. The second-order valence-electron chi connectivity index (χ2n) is 5.92. The van der Waals surface area contributed by atoms with Crippen molar-refractivity contribution in [2.45, 2.75) is 32.1 Å². The maximum Gasteiger partial charge on any atom is 0.323 e. The van der Waals surface area contributed by atoms with E-state index in [2.05, 4.69) is 0 Å². The van der Waals surface area contributed by atoms with Crippen molar-refractivity contribution in [1.29, 1.82) is 0 Å². The number of carbonyl (C=O) groups excluding carboxylic acids is 1. The van der Waals surface area contributed by atoms with Gasteiger partial charge in [-0.25, -0.2) is 0 Å². The van der Waals surface area contributed by atoms with Crippen molar-refractivity contribution < 1.29 is 14.7 Å². The van der Waals surface area contributed by atoms with Gasteiger partial charge in [-0.05, 0) is 24.3 Å². The van der Waals surface area contributed by atoms with Crippen LogP contribution >= 0.6 is 0 Å². The molecule has 2 rings (SSSR count). The molecule has 1 aliphatic carbocycles. The summed E-state index contributed by atoms with van der Waals surface area (Å²) in [5.41, 5.74) is 0.523. The van der Waals surface area contributed by atoms with Crippen LogP contribution in [0.3, 0.4) is 0 Å². The molecule has 0 aliphatic heterocycles. The predicted octanol–water partition coefficient (Wildman–Crippen LogP) is 2.29. The van der Waals surface area contributed by atoms with Gasteiger partial charge < -0.3 is 10.0 Å². The first kappa shape index (κ1) is 14.6. The molecule has 20 heavy (non-hydrogen) atoms. The molecule has 0 aromatic heterocycles. The highest BCUT2D eigenvalue weighted by Gasteiger charge is 2.53. The van der Waals surface area contributed by atoms with E-state index in [4.69, 9.17) is 5.11 Å². The van der Waals surface area contributed by atoms with Crippen molar-refractivity contribution in [2.24, 2.45) is 5.92 Å². The van der Waals surface area contributed by atoms with Crippen molar-refractivity contribution in [3.05, 3.63) is 35.9 Å². The molecule has 1 fully saturated rings. The van der Waals surface area contributed by atoms with Crippen LogP contribution in [-0.4, -0.2) is 35.0 Å². The molecule has 1 aromatic carbocycles. The summed E-state index contributed by atoms with van der Waals surface area (Å²) in [7, 11) is 0. The van der Waals surface area contributed by atoms with E-state index in [9.17, 15) is 9.59 Å². The van der Waals surface area contributed by atoms with Gasteiger partial charge in [-0.3, -0.25) is 9.59 Å². The number of hydrogen-bond acceptors (Lipinski definition) is 2. The molecule has 1 aromatic rings. The van der Waals surface area contributed by atoms with E-state index in [1.807, 2.05) is 44.2 Å². The molecular formula is C16H21NO3. The van der Waals surface area contributed by atoms with Crippen molar-refractivity contribution in [3.8, 4) is 0 Å². The molecule has 4 heteroatoms. The zero-order valence-corrected chi connectivity index (χ0v) is 12.0. The fraction of sp³-hybridized carbons (Fsp3) is 0.500. The SMILES string of the molecule is CC(C)CN(CC(=O)O)C(=O)C1(c2ccccc2)CC1. The Morgan fingerprint density at radius 1 is 1.25 bits per heavy atom. The Morgan fingerprint density at radius 2 is 1.85 bits per heavy atom. The molecule has 1 saturated carbocycles. The topological polar surface area (TPSA) is 57.6 Å². The highest BCUT2D eigenvalue weighted by molar-refractivity contribution is 5.93. The third-order valence-corrected chi connectivity index (χ3v) is 3.68. The molecule has 0 saturated heterocycles. The molecule has 4 nitrogen and oxygen atoms in total. The van der Waals surface area contributed by atoms with E-state index in [-0.39, 0.29) is 18.4 Å². The molecule has 0 unspecified atom stereocenters. The molecule has 0 atom stereocenters. The second-order valence-corrected chi connectivity index (χ2v) is 5.92. The van der Waals surface area contributed by atoms with Crippen LogP contribution in [0.2, 0.25) is 0 Å². The Hall–Kier alpha value is -1.84. The van der Waals surface area contributed by atoms with Crippen molar-refractivity contribution in [1.82, 2.24) is 4.90 Å². The van der Waals surface area contributed by atoms with Gasteiger partial charge in [0.25, 0.3) is 0 Å². The number of hydrogen-bond donors (Lipinski definition) is 1. The van der Waals surface area contributed by atoms with Crippen LogP contribution in [0.25, 0.3) is 0 Å². The van der Waals surface area contributed by atoms with E-state index in [0.717, 1.165) is 18.4 Å². The zero-order valence-electron chi connectivity index (χ0n) is 12.0. The molecule has 0 heterocycles. The Labute approximate surface area is 119 Å². The van der Waals surface area contributed by atoms with E-state index in [1.165, 1.54) is 4.90 Å². The standard InChI is InChI=1S/C16H21NO3/c1-12(2)10-17(11-14(18)19)15(20)16(8-9-16)13-6-4-3-5-7-13/h3-7,12H,8-11H2,1-2H3,(H,18,19). The summed E-state index contributed by atoms with van der Waals surface area (Å²) in [6, 6.07) is 9.69. The summed E-state index contributed by atoms with van der Waals surface area (Å²) < 4.78 is 0. The Morgan fingerprint density at radius 3 is 2.30 bits per heavy atom. The Balaban J connectivity index is 2.21. The number of nitrogens with zero attached hydrogens (tertiary/aromatic N) is 1. The van der Waals surface area contributed by atoms with Crippen molar-refractivity contribution in [2.75, 3.05) is 13.1 Å². The third kappa shape index (κ3) is 3.00. The van der Waals surface area contributed by atoms with Crippen LogP contribution in [0.5, 0.6) is 0 Å². The fourth-order valence-corrected chi connectivity index (χ4v) is 2.63. The van der Waals surface area contributed by atoms with E-state index in [1.54, 1.807) is 0 Å². The zero-order chi connectivity index (χ0) is 14.8. The summed E-state index contributed by atoms with van der Waals surface area (Å²) >= 11 is 0. The molecule has 1 amide bonds. The van der Waals surface area contributed by atoms with E-state index < -0.39 is 11.4 Å². The van der Waals surface area contributed by atoms with Gasteiger partial charge in [0.15, 0.2) is 0 Å².